The lowest BCUT2D eigenvalue weighted by Crippen LogP contribution is -2.26. The molecule has 1 aliphatic heterocycles. The van der Waals surface area contributed by atoms with Gasteiger partial charge in [0.15, 0.2) is 17.3 Å². The number of nitrogen functional groups attached to an aromatic ring is 1. The minimum absolute atomic E-state index is 0.115. The standard InChI is InChI=1S/C31H27BrFN3O4/c1-18-12-23(40-28-5-3-2-4-26(28)33)6-7-27(18)36-31(34)24(17-35-36)30(37)21-13-19-15-25(32)29(16-20(19)14-21)39-22-8-10-38-11-9-22/h2-7,12,14-17,22H,8-11,13,34H2,1H3. The van der Waals surface area contributed by atoms with Crippen LogP contribution in [-0.2, 0) is 11.2 Å². The van der Waals surface area contributed by atoms with Crippen molar-refractivity contribution in [2.24, 2.45) is 0 Å². The van der Waals surface area contributed by atoms with Gasteiger partial charge in [-0.25, -0.2) is 9.07 Å². The molecule has 2 aliphatic rings. The average molecular weight is 604 g/mol. The van der Waals surface area contributed by atoms with E-state index < -0.39 is 5.82 Å². The summed E-state index contributed by atoms with van der Waals surface area (Å²) in [5.41, 5.74) is 10.9. The highest BCUT2D eigenvalue weighted by molar-refractivity contribution is 9.10. The van der Waals surface area contributed by atoms with E-state index in [0.29, 0.717) is 42.2 Å². The van der Waals surface area contributed by atoms with Crippen molar-refractivity contribution in [3.63, 3.8) is 0 Å². The van der Waals surface area contributed by atoms with Crippen LogP contribution in [0.5, 0.6) is 17.2 Å². The smallest absolute Gasteiger partial charge is 0.194 e. The molecule has 3 aromatic carbocycles. The Balaban J connectivity index is 1.21. The molecule has 0 atom stereocenters. The number of aryl methyl sites for hydroxylation is 1. The monoisotopic (exact) mass is 603 g/mol. The van der Waals surface area contributed by atoms with E-state index in [-0.39, 0.29) is 23.5 Å². The van der Waals surface area contributed by atoms with E-state index in [1.54, 1.807) is 36.4 Å². The van der Waals surface area contributed by atoms with E-state index in [9.17, 15) is 9.18 Å². The molecule has 0 spiro atoms. The van der Waals surface area contributed by atoms with Crippen molar-refractivity contribution in [2.45, 2.75) is 32.3 Å². The third-order valence-corrected chi connectivity index (χ3v) is 7.79. The van der Waals surface area contributed by atoms with Gasteiger partial charge >= 0.3 is 0 Å². The Morgan fingerprint density at radius 3 is 2.70 bits per heavy atom. The summed E-state index contributed by atoms with van der Waals surface area (Å²) in [6, 6.07) is 15.5. The minimum atomic E-state index is -0.442. The molecule has 9 heteroatoms. The second-order valence-electron chi connectivity index (χ2n) is 9.92. The summed E-state index contributed by atoms with van der Waals surface area (Å²) < 4.78 is 33.7. The lowest BCUT2D eigenvalue weighted by molar-refractivity contribution is 0.0252. The predicted octanol–water partition coefficient (Wildman–Crippen LogP) is 6.84. The number of hydrogen-bond donors (Lipinski definition) is 1. The third-order valence-electron chi connectivity index (χ3n) is 7.17. The zero-order valence-corrected chi connectivity index (χ0v) is 23.4. The number of nitrogens with two attached hydrogens (primary N) is 1. The molecule has 0 amide bonds. The quantitative estimate of drug-likeness (QED) is 0.233. The van der Waals surface area contributed by atoms with Crippen LogP contribution in [0.1, 0.15) is 39.9 Å². The maximum Gasteiger partial charge on any atom is 0.194 e. The van der Waals surface area contributed by atoms with Gasteiger partial charge < -0.3 is 19.9 Å². The highest BCUT2D eigenvalue weighted by Crippen LogP contribution is 2.37. The number of Topliss-reactive ketones (excluding diaryl/α,β-unsaturated/α-hetero) is 1. The number of nitrogens with zero attached hydrogens (tertiary/aromatic N) is 2. The van der Waals surface area contributed by atoms with Crippen molar-refractivity contribution in [3.8, 4) is 22.9 Å². The highest BCUT2D eigenvalue weighted by atomic mass is 79.9. The normalized spacial score (nSPS) is 15.0. The van der Waals surface area contributed by atoms with E-state index in [1.165, 1.54) is 16.9 Å². The number of anilines is 1. The minimum Gasteiger partial charge on any atom is -0.489 e. The highest BCUT2D eigenvalue weighted by Gasteiger charge is 2.26. The fourth-order valence-electron chi connectivity index (χ4n) is 5.03. The molecule has 0 bridgehead atoms. The van der Waals surface area contributed by atoms with E-state index in [2.05, 4.69) is 21.0 Å². The number of benzene rings is 3. The van der Waals surface area contributed by atoms with Crippen molar-refractivity contribution in [2.75, 3.05) is 18.9 Å². The molecule has 2 N–H and O–H groups in total. The number of hydrogen-bond acceptors (Lipinski definition) is 6. The first-order valence-electron chi connectivity index (χ1n) is 13.1. The van der Waals surface area contributed by atoms with Crippen LogP contribution in [0.4, 0.5) is 10.2 Å². The molecule has 1 saturated heterocycles. The van der Waals surface area contributed by atoms with Gasteiger partial charge in [0.25, 0.3) is 0 Å². The maximum atomic E-state index is 14.0. The summed E-state index contributed by atoms with van der Waals surface area (Å²) in [4.78, 5) is 13.5. The maximum absolute atomic E-state index is 14.0. The molecule has 1 aromatic heterocycles. The van der Waals surface area contributed by atoms with Crippen LogP contribution in [0.3, 0.4) is 0 Å². The first kappa shape index (κ1) is 26.3. The van der Waals surface area contributed by atoms with Crippen LogP contribution >= 0.6 is 15.9 Å². The molecule has 2 heterocycles. The molecule has 1 aliphatic carbocycles. The molecule has 1 fully saturated rings. The van der Waals surface area contributed by atoms with Crippen molar-refractivity contribution < 1.29 is 23.4 Å². The molecule has 4 aromatic rings. The van der Waals surface area contributed by atoms with Gasteiger partial charge in [-0.05, 0) is 88.1 Å². The number of para-hydroxylation sites is 1. The fourth-order valence-corrected chi connectivity index (χ4v) is 5.52. The number of aromatic nitrogens is 2. The van der Waals surface area contributed by atoms with E-state index in [4.69, 9.17) is 19.9 Å². The summed E-state index contributed by atoms with van der Waals surface area (Å²) in [6.45, 7) is 3.28. The van der Waals surface area contributed by atoms with Crippen LogP contribution in [0.25, 0.3) is 11.8 Å². The van der Waals surface area contributed by atoms with Crippen LogP contribution in [0, 0.1) is 12.7 Å². The lowest BCUT2D eigenvalue weighted by Gasteiger charge is -2.24. The first-order valence-corrected chi connectivity index (χ1v) is 13.9. The van der Waals surface area contributed by atoms with E-state index >= 15 is 0 Å². The fraction of sp³-hybridized carbons (Fsp3) is 0.226. The number of fused-ring (bicyclic) bond motifs is 1. The molecule has 6 rings (SSSR count). The lowest BCUT2D eigenvalue weighted by atomic mass is 10.0. The van der Waals surface area contributed by atoms with Gasteiger partial charge in [0.05, 0.1) is 35.1 Å². The van der Waals surface area contributed by atoms with Gasteiger partial charge in [0.1, 0.15) is 23.4 Å². The van der Waals surface area contributed by atoms with Gasteiger partial charge in [-0.2, -0.15) is 5.10 Å². The molecule has 40 heavy (non-hydrogen) atoms. The topological polar surface area (TPSA) is 88.6 Å². The van der Waals surface area contributed by atoms with Crippen LogP contribution in [-0.4, -0.2) is 34.9 Å². The number of carbonyl (C=O) groups excluding carboxylic acids is 1. The molecular weight excluding hydrogens is 577 g/mol. The van der Waals surface area contributed by atoms with Crippen molar-refractivity contribution in [3.05, 3.63) is 98.9 Å². The van der Waals surface area contributed by atoms with Gasteiger partial charge in [0, 0.05) is 24.8 Å². The molecule has 7 nitrogen and oxygen atoms in total. The summed E-state index contributed by atoms with van der Waals surface area (Å²) in [7, 11) is 0. The Morgan fingerprint density at radius 1 is 1.12 bits per heavy atom. The summed E-state index contributed by atoms with van der Waals surface area (Å²) >= 11 is 3.63. The Bertz CT molecular complexity index is 1640. The molecular formula is C31H27BrFN3O4. The molecule has 0 saturated carbocycles. The van der Waals surface area contributed by atoms with E-state index in [1.807, 2.05) is 25.1 Å². The van der Waals surface area contributed by atoms with Crippen molar-refractivity contribution >= 4 is 33.6 Å². The van der Waals surface area contributed by atoms with Gasteiger partial charge in [-0.15, -0.1) is 0 Å². The van der Waals surface area contributed by atoms with Crippen LogP contribution in [0.2, 0.25) is 0 Å². The molecule has 204 valence electrons. The van der Waals surface area contributed by atoms with Crippen LogP contribution < -0.4 is 15.2 Å². The van der Waals surface area contributed by atoms with Gasteiger partial charge in [-0.1, -0.05) is 12.1 Å². The number of rotatable bonds is 7. The first-order chi connectivity index (χ1) is 19.4. The number of carbonyl (C=O) groups is 1. The third kappa shape index (κ3) is 5.14. The van der Waals surface area contributed by atoms with E-state index in [0.717, 1.165) is 39.8 Å². The Morgan fingerprint density at radius 2 is 1.93 bits per heavy atom. The Kier molecular flexibility index (Phi) is 7.16. The Hall–Kier alpha value is -3.95. The molecule has 0 radical (unpaired) electrons. The molecule has 0 unspecified atom stereocenters. The zero-order chi connectivity index (χ0) is 27.8. The largest absolute Gasteiger partial charge is 0.489 e. The Labute approximate surface area is 239 Å². The SMILES string of the molecule is Cc1cc(Oc2ccccc2F)ccc1-n1ncc(C(=O)C2=Cc3cc(OC4CCOCC4)c(Br)cc3C2)c1N. The predicted molar refractivity (Wildman–Crippen MR) is 154 cm³/mol. The summed E-state index contributed by atoms with van der Waals surface area (Å²) in [5, 5.41) is 4.41. The van der Waals surface area contributed by atoms with Crippen molar-refractivity contribution in [1.82, 2.24) is 9.78 Å². The number of allylic oxidation sites excluding steroid dienone is 1. The number of ketones is 1. The number of ether oxygens (including phenoxy) is 3. The second kappa shape index (κ2) is 10.9. The summed E-state index contributed by atoms with van der Waals surface area (Å²) in [6.07, 6.45) is 5.72. The van der Waals surface area contributed by atoms with Crippen LogP contribution in [0.15, 0.2) is 70.8 Å². The van der Waals surface area contributed by atoms with Gasteiger partial charge in [-0.3, -0.25) is 4.79 Å². The van der Waals surface area contributed by atoms with Crippen molar-refractivity contribution in [1.29, 1.82) is 0 Å². The number of halogens is 2. The van der Waals surface area contributed by atoms with Gasteiger partial charge in [0.2, 0.25) is 0 Å². The zero-order valence-electron chi connectivity index (χ0n) is 21.8. The summed E-state index contributed by atoms with van der Waals surface area (Å²) in [5.74, 6) is 1.02. The second-order valence-corrected chi connectivity index (χ2v) is 10.8. The average Bonchev–Trinajstić information content (AvgIpc) is 3.53.